The minimum Gasteiger partial charge on any atom is -0.330 e. The first-order valence-electron chi connectivity index (χ1n) is 13.4. The molecule has 9 heteroatoms. The Kier molecular flexibility index (Phi) is 7.72. The number of benzene rings is 2. The number of amides is 2. The highest BCUT2D eigenvalue weighted by molar-refractivity contribution is 6.17. The third-order valence-electron chi connectivity index (χ3n) is 7.83. The van der Waals surface area contributed by atoms with Gasteiger partial charge in [-0.3, -0.25) is 29.6 Å². The summed E-state index contributed by atoms with van der Waals surface area (Å²) in [5.41, 5.74) is 16.9. The average Bonchev–Trinajstić information content (AvgIpc) is 3.33. The first kappa shape index (κ1) is 26.5. The van der Waals surface area contributed by atoms with Gasteiger partial charge in [-0.2, -0.15) is 0 Å². The molecule has 0 bridgehead atoms. The van der Waals surface area contributed by atoms with Crippen LogP contribution < -0.4 is 21.9 Å². The van der Waals surface area contributed by atoms with Crippen LogP contribution >= 0.6 is 0 Å². The predicted molar refractivity (Wildman–Crippen MR) is 152 cm³/mol. The molecular weight excluding hydrogens is 492 g/mol. The molecule has 1 fully saturated rings. The number of nitrogens with zero attached hydrogens (tertiary/aromatic N) is 2. The van der Waals surface area contributed by atoms with Gasteiger partial charge in [0.15, 0.2) is 0 Å². The predicted octanol–water partition coefficient (Wildman–Crippen LogP) is 3.42. The molecule has 202 valence electrons. The first-order chi connectivity index (χ1) is 18.9. The molecule has 0 unspecified atom stereocenters. The standard InChI is InChI=1S/C30H34N6O3/c1-18-24(3-2-14-33-18)21-8-4-19(5-9-21)15-26(32)30(39)36(29(38)22-10-6-20(17-31)7-11-22)23-12-13-25-27(16-23)34-35-28(25)37/h2-5,8-9,12-14,16,20,22,26H,6-7,10-11,15,17,31-32H2,1H3,(H2,34,35,37)/t20?,22?,26-/m0/s1. The zero-order chi connectivity index (χ0) is 27.5. The van der Waals surface area contributed by atoms with E-state index in [4.69, 9.17) is 11.5 Å². The van der Waals surface area contributed by atoms with E-state index in [0.717, 1.165) is 35.2 Å². The van der Waals surface area contributed by atoms with Crippen molar-refractivity contribution in [2.24, 2.45) is 23.3 Å². The van der Waals surface area contributed by atoms with Gasteiger partial charge in [-0.25, -0.2) is 4.90 Å². The topological polar surface area (TPSA) is 151 Å². The second kappa shape index (κ2) is 11.3. The number of hydrogen-bond donors (Lipinski definition) is 4. The van der Waals surface area contributed by atoms with Crippen LogP contribution in [0.15, 0.2) is 65.6 Å². The van der Waals surface area contributed by atoms with Gasteiger partial charge in [0, 0.05) is 23.4 Å². The third kappa shape index (κ3) is 5.55. The SMILES string of the molecule is Cc1ncccc1-c1ccc(C[C@H](N)C(=O)N(C(=O)C2CCC(CN)CC2)c2ccc3c(=O)[nH][nH]c3c2)cc1. The number of nitrogens with two attached hydrogens (primary N) is 2. The fraction of sp³-hybridized carbons (Fsp3) is 0.333. The Morgan fingerprint density at radius 2 is 1.79 bits per heavy atom. The number of anilines is 1. The van der Waals surface area contributed by atoms with Gasteiger partial charge in [0.05, 0.1) is 22.6 Å². The molecule has 1 aliphatic rings. The smallest absolute Gasteiger partial charge is 0.271 e. The van der Waals surface area contributed by atoms with E-state index in [1.165, 1.54) is 4.90 Å². The van der Waals surface area contributed by atoms with Crippen LogP contribution in [0.2, 0.25) is 0 Å². The summed E-state index contributed by atoms with van der Waals surface area (Å²) in [4.78, 5) is 45.2. The maximum Gasteiger partial charge on any atom is 0.271 e. The highest BCUT2D eigenvalue weighted by atomic mass is 16.2. The van der Waals surface area contributed by atoms with Crippen LogP contribution in [0, 0.1) is 18.8 Å². The molecule has 2 heterocycles. The number of fused-ring (bicyclic) bond motifs is 1. The number of aromatic amines is 2. The van der Waals surface area contributed by atoms with Crippen LogP contribution in [0.1, 0.15) is 36.9 Å². The van der Waals surface area contributed by atoms with Gasteiger partial charge in [-0.1, -0.05) is 30.3 Å². The van der Waals surface area contributed by atoms with E-state index in [-0.39, 0.29) is 23.8 Å². The molecule has 1 atom stereocenters. The van der Waals surface area contributed by atoms with E-state index in [0.29, 0.717) is 41.9 Å². The number of imide groups is 1. The van der Waals surface area contributed by atoms with E-state index in [9.17, 15) is 14.4 Å². The molecule has 5 rings (SSSR count). The van der Waals surface area contributed by atoms with Crippen molar-refractivity contribution >= 4 is 28.4 Å². The minimum atomic E-state index is -0.929. The van der Waals surface area contributed by atoms with Crippen molar-refractivity contribution in [3.05, 3.63) is 82.4 Å². The summed E-state index contributed by atoms with van der Waals surface area (Å²) in [5.74, 6) is -0.608. The number of pyridine rings is 1. The van der Waals surface area contributed by atoms with Crippen LogP contribution in [-0.4, -0.2) is 39.6 Å². The normalized spacial score (nSPS) is 18.1. The highest BCUT2D eigenvalue weighted by Gasteiger charge is 2.35. The molecule has 1 saturated carbocycles. The number of carbonyl (C=O) groups is 2. The molecule has 2 aromatic heterocycles. The maximum absolute atomic E-state index is 13.8. The van der Waals surface area contributed by atoms with Crippen LogP contribution in [0.5, 0.6) is 0 Å². The van der Waals surface area contributed by atoms with Crippen molar-refractivity contribution in [2.45, 2.75) is 45.1 Å². The molecule has 39 heavy (non-hydrogen) atoms. The van der Waals surface area contributed by atoms with Crippen molar-refractivity contribution in [2.75, 3.05) is 11.4 Å². The van der Waals surface area contributed by atoms with Crippen molar-refractivity contribution < 1.29 is 9.59 Å². The fourth-order valence-electron chi connectivity index (χ4n) is 5.47. The summed E-state index contributed by atoms with van der Waals surface area (Å²) in [6.45, 7) is 2.57. The molecule has 0 aliphatic heterocycles. The van der Waals surface area contributed by atoms with E-state index in [2.05, 4.69) is 15.2 Å². The van der Waals surface area contributed by atoms with Crippen LogP contribution in [0.3, 0.4) is 0 Å². The summed E-state index contributed by atoms with van der Waals surface area (Å²) < 4.78 is 0. The van der Waals surface area contributed by atoms with Gasteiger partial charge in [0.1, 0.15) is 0 Å². The lowest BCUT2D eigenvalue weighted by Gasteiger charge is -2.32. The Balaban J connectivity index is 1.39. The van der Waals surface area contributed by atoms with Crippen molar-refractivity contribution in [1.82, 2.24) is 15.2 Å². The molecule has 6 N–H and O–H groups in total. The minimum absolute atomic E-state index is 0.259. The molecule has 1 aliphatic carbocycles. The van der Waals surface area contributed by atoms with Gasteiger partial charge in [-0.15, -0.1) is 0 Å². The van der Waals surface area contributed by atoms with Gasteiger partial charge in [0.2, 0.25) is 5.91 Å². The Bertz CT molecular complexity index is 1530. The van der Waals surface area contributed by atoms with E-state index >= 15 is 0 Å². The molecule has 2 aromatic carbocycles. The summed E-state index contributed by atoms with van der Waals surface area (Å²) >= 11 is 0. The zero-order valence-electron chi connectivity index (χ0n) is 22.0. The maximum atomic E-state index is 13.8. The Labute approximate surface area is 226 Å². The lowest BCUT2D eigenvalue weighted by atomic mass is 9.81. The van der Waals surface area contributed by atoms with E-state index in [1.54, 1.807) is 24.4 Å². The van der Waals surface area contributed by atoms with Crippen LogP contribution in [0.4, 0.5) is 5.69 Å². The van der Waals surface area contributed by atoms with Gasteiger partial charge >= 0.3 is 0 Å². The van der Waals surface area contributed by atoms with Crippen LogP contribution in [0.25, 0.3) is 22.0 Å². The zero-order valence-corrected chi connectivity index (χ0v) is 22.0. The average molecular weight is 527 g/mol. The molecule has 9 nitrogen and oxygen atoms in total. The van der Waals surface area contributed by atoms with E-state index in [1.807, 2.05) is 43.3 Å². The molecule has 0 spiro atoms. The second-order valence-electron chi connectivity index (χ2n) is 10.4. The number of aromatic nitrogens is 3. The number of carbonyl (C=O) groups excluding carboxylic acids is 2. The third-order valence-corrected chi connectivity index (χ3v) is 7.83. The Morgan fingerprint density at radius 3 is 2.49 bits per heavy atom. The fourth-order valence-corrected chi connectivity index (χ4v) is 5.47. The molecule has 2 amide bonds. The number of nitrogens with one attached hydrogen (secondary N) is 2. The lowest BCUT2D eigenvalue weighted by Crippen LogP contribution is -2.50. The largest absolute Gasteiger partial charge is 0.330 e. The molecule has 0 saturated heterocycles. The van der Waals surface area contributed by atoms with Crippen molar-refractivity contribution in [3.63, 3.8) is 0 Å². The van der Waals surface area contributed by atoms with E-state index < -0.39 is 11.9 Å². The number of rotatable bonds is 7. The summed E-state index contributed by atoms with van der Waals surface area (Å²) in [7, 11) is 0. The summed E-state index contributed by atoms with van der Waals surface area (Å²) in [6.07, 6.45) is 5.11. The molecular formula is C30H34N6O3. The summed E-state index contributed by atoms with van der Waals surface area (Å²) in [5, 5.41) is 5.80. The molecule has 0 radical (unpaired) electrons. The number of aryl methyl sites for hydroxylation is 1. The number of H-pyrrole nitrogens is 2. The summed E-state index contributed by atoms with van der Waals surface area (Å²) in [6, 6.07) is 15.8. The highest BCUT2D eigenvalue weighted by Crippen LogP contribution is 2.32. The van der Waals surface area contributed by atoms with Gasteiger partial charge in [-0.05, 0) is 86.9 Å². The Morgan fingerprint density at radius 1 is 1.05 bits per heavy atom. The lowest BCUT2D eigenvalue weighted by molar-refractivity contribution is -0.130. The monoisotopic (exact) mass is 526 g/mol. The first-order valence-corrected chi connectivity index (χ1v) is 13.4. The molecule has 4 aromatic rings. The van der Waals surface area contributed by atoms with Crippen LogP contribution in [-0.2, 0) is 16.0 Å². The Hall–Kier alpha value is -4.08. The van der Waals surface area contributed by atoms with Crippen molar-refractivity contribution in [1.29, 1.82) is 0 Å². The number of hydrogen-bond acceptors (Lipinski definition) is 6. The van der Waals surface area contributed by atoms with Gasteiger partial charge in [0.25, 0.3) is 11.5 Å². The van der Waals surface area contributed by atoms with Gasteiger partial charge < -0.3 is 11.5 Å². The van der Waals surface area contributed by atoms with Crippen molar-refractivity contribution in [3.8, 4) is 11.1 Å². The quantitative estimate of drug-likeness (QED) is 0.290. The second-order valence-corrected chi connectivity index (χ2v) is 10.4.